The molecule has 0 bridgehead atoms. The van der Waals surface area contributed by atoms with Gasteiger partial charge >= 0.3 is 0 Å². The summed E-state index contributed by atoms with van der Waals surface area (Å²) in [5, 5.41) is 2.89. The van der Waals surface area contributed by atoms with Gasteiger partial charge in [-0.1, -0.05) is 42.5 Å². The van der Waals surface area contributed by atoms with Crippen LogP contribution in [0.1, 0.15) is 16.7 Å². The number of para-hydroxylation sites is 1. The summed E-state index contributed by atoms with van der Waals surface area (Å²) in [7, 11) is 1.60. The first-order valence-electron chi connectivity index (χ1n) is 8.57. The van der Waals surface area contributed by atoms with Crippen molar-refractivity contribution < 1.29 is 14.3 Å². The first kappa shape index (κ1) is 17.9. The SMILES string of the molecule is COc1ccccc1CNC(=O)CN1Cc2ccccc2C[C@H]1C(N)=O. The molecular weight excluding hydrogens is 330 g/mol. The molecule has 1 heterocycles. The van der Waals surface area contributed by atoms with Crippen molar-refractivity contribution >= 4 is 11.8 Å². The van der Waals surface area contributed by atoms with Gasteiger partial charge in [0.05, 0.1) is 19.7 Å². The van der Waals surface area contributed by atoms with E-state index in [4.69, 9.17) is 10.5 Å². The molecule has 6 nitrogen and oxygen atoms in total. The van der Waals surface area contributed by atoms with Gasteiger partial charge in [0, 0.05) is 18.7 Å². The van der Waals surface area contributed by atoms with Crippen LogP contribution in [0.15, 0.2) is 48.5 Å². The Bertz CT molecular complexity index is 806. The molecule has 2 amide bonds. The van der Waals surface area contributed by atoms with Crippen LogP contribution in [0.5, 0.6) is 5.75 Å². The number of fused-ring (bicyclic) bond motifs is 1. The van der Waals surface area contributed by atoms with Crippen molar-refractivity contribution in [1.82, 2.24) is 10.2 Å². The minimum absolute atomic E-state index is 0.122. The van der Waals surface area contributed by atoms with Gasteiger partial charge in [0.2, 0.25) is 11.8 Å². The molecule has 136 valence electrons. The lowest BCUT2D eigenvalue weighted by Gasteiger charge is -2.34. The summed E-state index contributed by atoms with van der Waals surface area (Å²) in [6, 6.07) is 15.0. The van der Waals surface area contributed by atoms with E-state index in [-0.39, 0.29) is 12.5 Å². The molecule has 2 aromatic rings. The van der Waals surface area contributed by atoms with Gasteiger partial charge in [-0.2, -0.15) is 0 Å². The third kappa shape index (κ3) is 4.03. The van der Waals surface area contributed by atoms with Gasteiger partial charge in [-0.05, 0) is 23.6 Å². The molecule has 0 aliphatic carbocycles. The minimum atomic E-state index is -0.470. The van der Waals surface area contributed by atoms with Crippen LogP contribution in [0.2, 0.25) is 0 Å². The minimum Gasteiger partial charge on any atom is -0.496 e. The molecule has 6 heteroatoms. The Labute approximate surface area is 152 Å². The zero-order valence-electron chi connectivity index (χ0n) is 14.8. The van der Waals surface area contributed by atoms with Crippen LogP contribution in [0.4, 0.5) is 0 Å². The van der Waals surface area contributed by atoms with Crippen molar-refractivity contribution in [1.29, 1.82) is 0 Å². The molecule has 26 heavy (non-hydrogen) atoms. The second kappa shape index (κ2) is 8.01. The third-order valence-corrected chi connectivity index (χ3v) is 4.69. The zero-order chi connectivity index (χ0) is 18.5. The molecule has 0 saturated heterocycles. The zero-order valence-corrected chi connectivity index (χ0v) is 14.8. The predicted molar refractivity (Wildman–Crippen MR) is 98.4 cm³/mol. The molecule has 0 spiro atoms. The molecule has 1 aliphatic rings. The van der Waals surface area contributed by atoms with Gasteiger partial charge in [-0.25, -0.2) is 0 Å². The molecule has 0 aromatic heterocycles. The monoisotopic (exact) mass is 353 g/mol. The van der Waals surface area contributed by atoms with Crippen molar-refractivity contribution in [3.63, 3.8) is 0 Å². The number of nitrogens with zero attached hydrogens (tertiary/aromatic N) is 1. The van der Waals surface area contributed by atoms with Gasteiger partial charge in [0.1, 0.15) is 5.75 Å². The quantitative estimate of drug-likeness (QED) is 0.818. The van der Waals surface area contributed by atoms with Crippen LogP contribution in [0.3, 0.4) is 0 Å². The molecule has 3 N–H and O–H groups in total. The normalized spacial score (nSPS) is 16.6. The van der Waals surface area contributed by atoms with Gasteiger partial charge in [-0.3, -0.25) is 14.5 Å². The topological polar surface area (TPSA) is 84.7 Å². The van der Waals surface area contributed by atoms with Crippen molar-refractivity contribution in [2.24, 2.45) is 5.73 Å². The number of amides is 2. The summed E-state index contributed by atoms with van der Waals surface area (Å²) >= 11 is 0. The Balaban J connectivity index is 1.65. The van der Waals surface area contributed by atoms with E-state index in [1.54, 1.807) is 7.11 Å². The molecule has 0 radical (unpaired) electrons. The number of nitrogens with two attached hydrogens (primary N) is 1. The van der Waals surface area contributed by atoms with Crippen molar-refractivity contribution in [3.8, 4) is 5.75 Å². The summed E-state index contributed by atoms with van der Waals surface area (Å²) in [5.74, 6) is 0.174. The standard InChI is InChI=1S/C20H23N3O3/c1-26-18-9-5-4-7-15(18)11-22-19(24)13-23-12-16-8-3-2-6-14(16)10-17(23)20(21)25/h2-9,17H,10-13H2,1H3,(H2,21,25)(H,22,24)/t17-/m0/s1. The molecule has 3 rings (SSSR count). The van der Waals surface area contributed by atoms with Crippen LogP contribution in [-0.2, 0) is 29.1 Å². The maximum absolute atomic E-state index is 12.4. The Morgan fingerprint density at radius 3 is 2.58 bits per heavy atom. The molecule has 0 saturated carbocycles. The summed E-state index contributed by atoms with van der Waals surface area (Å²) < 4.78 is 5.29. The number of carbonyl (C=O) groups is 2. The number of benzene rings is 2. The fourth-order valence-electron chi connectivity index (χ4n) is 3.31. The average Bonchev–Trinajstić information content (AvgIpc) is 2.65. The lowest BCUT2D eigenvalue weighted by atomic mass is 9.93. The second-order valence-electron chi connectivity index (χ2n) is 6.38. The van der Waals surface area contributed by atoms with Crippen molar-refractivity contribution in [2.75, 3.05) is 13.7 Å². The highest BCUT2D eigenvalue weighted by molar-refractivity contribution is 5.83. The van der Waals surface area contributed by atoms with Crippen molar-refractivity contribution in [3.05, 3.63) is 65.2 Å². The van der Waals surface area contributed by atoms with Gasteiger partial charge in [-0.15, -0.1) is 0 Å². The number of ether oxygens (including phenoxy) is 1. The number of carbonyl (C=O) groups excluding carboxylic acids is 2. The van der Waals surface area contributed by atoms with Gasteiger partial charge in [0.25, 0.3) is 0 Å². The van der Waals surface area contributed by atoms with Gasteiger partial charge in [0.15, 0.2) is 0 Å². The van der Waals surface area contributed by atoms with E-state index in [9.17, 15) is 9.59 Å². The van der Waals surface area contributed by atoms with E-state index in [1.165, 1.54) is 0 Å². The molecular formula is C20H23N3O3. The lowest BCUT2D eigenvalue weighted by molar-refractivity contribution is -0.127. The van der Waals surface area contributed by atoms with Crippen LogP contribution < -0.4 is 15.8 Å². The van der Waals surface area contributed by atoms with Crippen LogP contribution >= 0.6 is 0 Å². The van der Waals surface area contributed by atoms with E-state index in [2.05, 4.69) is 5.32 Å². The summed E-state index contributed by atoms with van der Waals surface area (Å²) in [6.45, 7) is 1.03. The molecule has 0 fully saturated rings. The Morgan fingerprint density at radius 1 is 1.15 bits per heavy atom. The van der Waals surface area contributed by atoms with E-state index in [0.29, 0.717) is 19.5 Å². The number of methoxy groups -OCH3 is 1. The van der Waals surface area contributed by atoms with E-state index < -0.39 is 11.9 Å². The van der Waals surface area contributed by atoms with Crippen molar-refractivity contribution in [2.45, 2.75) is 25.6 Å². The fraction of sp³-hybridized carbons (Fsp3) is 0.300. The summed E-state index contributed by atoms with van der Waals surface area (Å²) in [5.41, 5.74) is 8.71. The van der Waals surface area contributed by atoms with Gasteiger partial charge < -0.3 is 15.8 Å². The second-order valence-corrected chi connectivity index (χ2v) is 6.38. The third-order valence-electron chi connectivity index (χ3n) is 4.69. The smallest absolute Gasteiger partial charge is 0.235 e. The molecule has 0 unspecified atom stereocenters. The van der Waals surface area contributed by atoms with E-state index >= 15 is 0 Å². The molecule has 1 aliphatic heterocycles. The highest BCUT2D eigenvalue weighted by Crippen LogP contribution is 2.23. The maximum atomic E-state index is 12.4. The van der Waals surface area contributed by atoms with Crippen LogP contribution in [-0.4, -0.2) is 36.4 Å². The predicted octanol–water partition coefficient (Wildman–Crippen LogP) is 1.22. The molecule has 1 atom stereocenters. The highest BCUT2D eigenvalue weighted by atomic mass is 16.5. The summed E-state index contributed by atoms with van der Waals surface area (Å²) in [4.78, 5) is 26.1. The first-order valence-corrected chi connectivity index (χ1v) is 8.57. The maximum Gasteiger partial charge on any atom is 0.235 e. The highest BCUT2D eigenvalue weighted by Gasteiger charge is 2.31. The molecule has 2 aromatic carbocycles. The number of nitrogens with one attached hydrogen (secondary N) is 1. The first-order chi connectivity index (χ1) is 12.6. The van der Waals surface area contributed by atoms with Crippen LogP contribution in [0, 0.1) is 0 Å². The number of hydrogen-bond acceptors (Lipinski definition) is 4. The largest absolute Gasteiger partial charge is 0.496 e. The van der Waals surface area contributed by atoms with E-state index in [1.807, 2.05) is 53.4 Å². The Hall–Kier alpha value is -2.86. The lowest BCUT2D eigenvalue weighted by Crippen LogP contribution is -2.51. The average molecular weight is 353 g/mol. The van der Waals surface area contributed by atoms with Crippen LogP contribution in [0.25, 0.3) is 0 Å². The van der Waals surface area contributed by atoms with E-state index in [0.717, 1.165) is 22.4 Å². The Kier molecular flexibility index (Phi) is 5.53. The fourth-order valence-corrected chi connectivity index (χ4v) is 3.31. The number of hydrogen-bond donors (Lipinski definition) is 2. The summed E-state index contributed by atoms with van der Waals surface area (Å²) in [6.07, 6.45) is 0.533. The Morgan fingerprint density at radius 2 is 1.85 bits per heavy atom. The number of rotatable bonds is 6. The number of primary amides is 1.